The van der Waals surface area contributed by atoms with Crippen molar-refractivity contribution >= 4 is 17.8 Å². The van der Waals surface area contributed by atoms with Crippen LogP contribution >= 0.6 is 0 Å². The first-order valence-corrected chi connectivity index (χ1v) is 10.8. The minimum absolute atomic E-state index is 0.181. The molecule has 0 radical (unpaired) electrons. The van der Waals surface area contributed by atoms with E-state index in [2.05, 4.69) is 17.1 Å². The Hall–Kier alpha value is -2.41. The topological polar surface area (TPSA) is 74.2 Å². The number of benzene rings is 1. The van der Waals surface area contributed by atoms with E-state index in [9.17, 15) is 9.59 Å². The van der Waals surface area contributed by atoms with Gasteiger partial charge in [-0.3, -0.25) is 19.5 Å². The summed E-state index contributed by atoms with van der Waals surface area (Å²) >= 11 is 0. The third-order valence-corrected chi connectivity index (χ3v) is 5.41. The van der Waals surface area contributed by atoms with Crippen LogP contribution in [0, 0.1) is 0 Å². The summed E-state index contributed by atoms with van der Waals surface area (Å²) in [6, 6.07) is 7.03. The zero-order valence-electron chi connectivity index (χ0n) is 17.5. The molecule has 3 rings (SSSR count). The van der Waals surface area contributed by atoms with Crippen LogP contribution < -0.4 is 5.32 Å². The monoisotopic (exact) mass is 400 g/mol. The normalized spacial score (nSPS) is 17.8. The number of ether oxygens (including phenoxy) is 1. The van der Waals surface area contributed by atoms with E-state index in [4.69, 9.17) is 9.73 Å². The van der Waals surface area contributed by atoms with E-state index in [0.717, 1.165) is 57.9 Å². The van der Waals surface area contributed by atoms with E-state index in [1.165, 1.54) is 4.90 Å². The number of amides is 2. The van der Waals surface area contributed by atoms with Crippen molar-refractivity contribution in [2.24, 2.45) is 4.99 Å². The molecular formula is C22H32N4O3. The summed E-state index contributed by atoms with van der Waals surface area (Å²) in [5.74, 6) is 0.586. The summed E-state index contributed by atoms with van der Waals surface area (Å²) in [7, 11) is 0. The molecular weight excluding hydrogens is 368 g/mol. The molecule has 2 amide bonds. The molecule has 1 aromatic rings. The van der Waals surface area contributed by atoms with Gasteiger partial charge < -0.3 is 15.0 Å². The minimum Gasteiger partial charge on any atom is -0.378 e. The number of hydrogen-bond donors (Lipinski definition) is 1. The van der Waals surface area contributed by atoms with E-state index in [-0.39, 0.29) is 11.8 Å². The van der Waals surface area contributed by atoms with Crippen LogP contribution in [-0.2, 0) is 4.74 Å². The fourth-order valence-electron chi connectivity index (χ4n) is 3.90. The van der Waals surface area contributed by atoms with E-state index >= 15 is 0 Å². The lowest BCUT2D eigenvalue weighted by Gasteiger charge is -2.34. The maximum atomic E-state index is 12.4. The molecule has 0 unspecified atom stereocenters. The van der Waals surface area contributed by atoms with Gasteiger partial charge in [-0.2, -0.15) is 0 Å². The molecule has 2 aliphatic rings. The highest BCUT2D eigenvalue weighted by atomic mass is 16.5. The highest BCUT2D eigenvalue weighted by Crippen LogP contribution is 2.22. The van der Waals surface area contributed by atoms with Gasteiger partial charge in [0, 0.05) is 39.3 Å². The smallest absolute Gasteiger partial charge is 0.261 e. The Balaban J connectivity index is 1.45. The lowest BCUT2D eigenvalue weighted by atomic mass is 10.1. The number of fused-ring (bicyclic) bond motifs is 1. The number of carbonyl (C=O) groups is 2. The van der Waals surface area contributed by atoms with E-state index in [1.807, 2.05) is 6.92 Å². The summed E-state index contributed by atoms with van der Waals surface area (Å²) in [5.41, 5.74) is 1.03. The van der Waals surface area contributed by atoms with Crippen LogP contribution in [0.5, 0.6) is 0 Å². The molecule has 0 spiro atoms. The van der Waals surface area contributed by atoms with Crippen LogP contribution in [0.15, 0.2) is 29.3 Å². The SMILES string of the molecule is CCNC(=NCCCCN1C(=O)c2ccccc2C1=O)N1CCC(OCC)CC1. The zero-order chi connectivity index (χ0) is 20.6. The van der Waals surface area contributed by atoms with E-state index in [0.29, 0.717) is 30.3 Å². The van der Waals surface area contributed by atoms with Crippen LogP contribution in [0.3, 0.4) is 0 Å². The molecule has 29 heavy (non-hydrogen) atoms. The summed E-state index contributed by atoms with van der Waals surface area (Å²) in [4.78, 5) is 33.2. The number of imide groups is 1. The number of likely N-dealkylation sites (tertiary alicyclic amines) is 1. The quantitative estimate of drug-likeness (QED) is 0.314. The fourth-order valence-corrected chi connectivity index (χ4v) is 3.90. The fraction of sp³-hybridized carbons (Fsp3) is 0.591. The number of nitrogens with one attached hydrogen (secondary N) is 1. The van der Waals surface area contributed by atoms with Crippen molar-refractivity contribution in [3.8, 4) is 0 Å². The third kappa shape index (κ3) is 5.15. The molecule has 0 aromatic heterocycles. The van der Waals surface area contributed by atoms with Crippen LogP contribution in [0.25, 0.3) is 0 Å². The third-order valence-electron chi connectivity index (χ3n) is 5.41. The Morgan fingerprint density at radius 2 is 1.76 bits per heavy atom. The number of aliphatic imine (C=N–C) groups is 1. The largest absolute Gasteiger partial charge is 0.378 e. The number of carbonyl (C=O) groups excluding carboxylic acids is 2. The molecule has 0 aliphatic carbocycles. The number of piperidine rings is 1. The van der Waals surface area contributed by atoms with Gasteiger partial charge in [0.05, 0.1) is 17.2 Å². The lowest BCUT2D eigenvalue weighted by Crippen LogP contribution is -2.47. The second-order valence-electron chi connectivity index (χ2n) is 7.39. The highest BCUT2D eigenvalue weighted by molar-refractivity contribution is 6.21. The first-order valence-electron chi connectivity index (χ1n) is 10.8. The summed E-state index contributed by atoms with van der Waals surface area (Å²) in [6.45, 7) is 8.74. The Labute approximate surface area is 173 Å². The molecule has 2 heterocycles. The maximum absolute atomic E-state index is 12.4. The number of nitrogens with zero attached hydrogens (tertiary/aromatic N) is 3. The number of unbranched alkanes of at least 4 members (excludes halogenated alkanes) is 1. The standard InChI is InChI=1S/C22H32N4O3/c1-3-23-22(25-15-11-17(12-16-25)29-4-2)24-13-7-8-14-26-20(27)18-9-5-6-10-19(18)21(26)28/h5-6,9-10,17H,3-4,7-8,11-16H2,1-2H3,(H,23,24). The Kier molecular flexibility index (Phi) is 7.63. The molecule has 2 aliphatic heterocycles. The maximum Gasteiger partial charge on any atom is 0.261 e. The van der Waals surface area contributed by atoms with Crippen molar-refractivity contribution in [1.82, 2.24) is 15.1 Å². The van der Waals surface area contributed by atoms with Crippen LogP contribution in [0.1, 0.15) is 60.2 Å². The molecule has 158 valence electrons. The highest BCUT2D eigenvalue weighted by Gasteiger charge is 2.34. The van der Waals surface area contributed by atoms with E-state index < -0.39 is 0 Å². The first kappa shape index (κ1) is 21.3. The average Bonchev–Trinajstić information content (AvgIpc) is 2.98. The van der Waals surface area contributed by atoms with Crippen molar-refractivity contribution < 1.29 is 14.3 Å². The number of rotatable bonds is 8. The summed E-state index contributed by atoms with van der Waals surface area (Å²) in [5, 5.41) is 3.37. The predicted octanol–water partition coefficient (Wildman–Crippen LogP) is 2.53. The van der Waals surface area contributed by atoms with Gasteiger partial charge in [0.2, 0.25) is 0 Å². The Morgan fingerprint density at radius 1 is 1.10 bits per heavy atom. The van der Waals surface area contributed by atoms with Gasteiger partial charge in [-0.1, -0.05) is 12.1 Å². The Morgan fingerprint density at radius 3 is 2.34 bits per heavy atom. The predicted molar refractivity (Wildman–Crippen MR) is 113 cm³/mol. The van der Waals surface area contributed by atoms with Gasteiger partial charge in [0.15, 0.2) is 5.96 Å². The second kappa shape index (κ2) is 10.4. The van der Waals surface area contributed by atoms with Crippen molar-refractivity contribution in [2.45, 2.75) is 45.6 Å². The average molecular weight is 401 g/mol. The van der Waals surface area contributed by atoms with Crippen molar-refractivity contribution in [2.75, 3.05) is 39.3 Å². The molecule has 1 N–H and O–H groups in total. The lowest BCUT2D eigenvalue weighted by molar-refractivity contribution is 0.0263. The number of hydrogen-bond acceptors (Lipinski definition) is 4. The Bertz CT molecular complexity index is 706. The molecule has 7 nitrogen and oxygen atoms in total. The van der Waals surface area contributed by atoms with Gasteiger partial charge in [-0.05, 0) is 51.7 Å². The van der Waals surface area contributed by atoms with E-state index in [1.54, 1.807) is 24.3 Å². The molecule has 0 atom stereocenters. The van der Waals surface area contributed by atoms with Crippen molar-refractivity contribution in [3.05, 3.63) is 35.4 Å². The molecule has 1 aromatic carbocycles. The summed E-state index contributed by atoms with van der Waals surface area (Å²) < 4.78 is 5.73. The van der Waals surface area contributed by atoms with Gasteiger partial charge in [-0.15, -0.1) is 0 Å². The van der Waals surface area contributed by atoms with Crippen LogP contribution in [0.4, 0.5) is 0 Å². The summed E-state index contributed by atoms with van der Waals surface area (Å²) in [6.07, 6.45) is 3.99. The van der Waals surface area contributed by atoms with Gasteiger partial charge in [-0.25, -0.2) is 0 Å². The van der Waals surface area contributed by atoms with Crippen molar-refractivity contribution in [1.29, 1.82) is 0 Å². The molecule has 0 saturated carbocycles. The van der Waals surface area contributed by atoms with Crippen LogP contribution in [-0.4, -0.2) is 73.0 Å². The van der Waals surface area contributed by atoms with Gasteiger partial charge in [0.1, 0.15) is 0 Å². The molecule has 1 fully saturated rings. The van der Waals surface area contributed by atoms with Crippen molar-refractivity contribution in [3.63, 3.8) is 0 Å². The molecule has 7 heteroatoms. The molecule has 0 bridgehead atoms. The zero-order valence-corrected chi connectivity index (χ0v) is 17.5. The van der Waals surface area contributed by atoms with Crippen LogP contribution in [0.2, 0.25) is 0 Å². The molecule has 1 saturated heterocycles. The number of guanidine groups is 1. The van der Waals surface area contributed by atoms with Gasteiger partial charge in [0.25, 0.3) is 11.8 Å². The first-order chi connectivity index (χ1) is 14.2. The second-order valence-corrected chi connectivity index (χ2v) is 7.39. The minimum atomic E-state index is -0.181. The van der Waals surface area contributed by atoms with Gasteiger partial charge >= 0.3 is 0 Å².